The van der Waals surface area contributed by atoms with Crippen LogP contribution in [0.25, 0.3) is 0 Å². The van der Waals surface area contributed by atoms with Gasteiger partial charge in [-0.2, -0.15) is 0 Å². The number of hydrogen-bond acceptors (Lipinski definition) is 4. The Labute approximate surface area is 168 Å². The summed E-state index contributed by atoms with van der Waals surface area (Å²) >= 11 is 12.0. The van der Waals surface area contributed by atoms with E-state index in [0.29, 0.717) is 46.6 Å². The van der Waals surface area contributed by atoms with Crippen LogP contribution in [-0.4, -0.2) is 44.6 Å². The fourth-order valence-electron chi connectivity index (χ4n) is 2.92. The summed E-state index contributed by atoms with van der Waals surface area (Å²) in [6, 6.07) is 11.4. The zero-order valence-electron chi connectivity index (χ0n) is 14.5. The second-order valence-electron chi connectivity index (χ2n) is 6.30. The SMILES string of the molecule is CS(=O)(=O)N[C@H]1CCN(C(=O)c2ccccc2Oc2ccc(Cl)cc2Cl)C1. The predicted molar refractivity (Wildman–Crippen MR) is 105 cm³/mol. The third-order valence-electron chi connectivity index (χ3n) is 4.09. The number of para-hydroxylation sites is 1. The third-order valence-corrected chi connectivity index (χ3v) is 5.38. The number of carbonyl (C=O) groups excluding carboxylic acids is 1. The maximum absolute atomic E-state index is 12.9. The lowest BCUT2D eigenvalue weighted by molar-refractivity contribution is 0.0787. The van der Waals surface area contributed by atoms with Gasteiger partial charge in [-0.3, -0.25) is 4.79 Å². The van der Waals surface area contributed by atoms with E-state index < -0.39 is 10.0 Å². The molecule has 0 bridgehead atoms. The van der Waals surface area contributed by atoms with E-state index in [0.717, 1.165) is 6.26 Å². The van der Waals surface area contributed by atoms with E-state index in [-0.39, 0.29) is 11.9 Å². The van der Waals surface area contributed by atoms with Crippen molar-refractivity contribution in [3.63, 3.8) is 0 Å². The van der Waals surface area contributed by atoms with Crippen molar-refractivity contribution in [2.24, 2.45) is 0 Å². The van der Waals surface area contributed by atoms with Crippen LogP contribution in [0.5, 0.6) is 11.5 Å². The van der Waals surface area contributed by atoms with E-state index in [4.69, 9.17) is 27.9 Å². The average molecular weight is 429 g/mol. The van der Waals surface area contributed by atoms with Gasteiger partial charge in [0, 0.05) is 24.2 Å². The Kier molecular flexibility index (Phi) is 5.95. The molecule has 9 heteroatoms. The molecule has 1 aliphatic heterocycles. The zero-order valence-corrected chi connectivity index (χ0v) is 16.8. The van der Waals surface area contributed by atoms with E-state index in [9.17, 15) is 13.2 Å². The molecule has 1 saturated heterocycles. The summed E-state index contributed by atoms with van der Waals surface area (Å²) in [4.78, 5) is 14.5. The average Bonchev–Trinajstić information content (AvgIpc) is 3.04. The molecule has 27 heavy (non-hydrogen) atoms. The highest BCUT2D eigenvalue weighted by Crippen LogP contribution is 2.33. The number of nitrogens with one attached hydrogen (secondary N) is 1. The number of likely N-dealkylation sites (tertiary alicyclic amines) is 1. The normalized spacial score (nSPS) is 17.1. The lowest BCUT2D eigenvalue weighted by atomic mass is 10.1. The molecule has 0 unspecified atom stereocenters. The molecule has 1 amide bonds. The van der Waals surface area contributed by atoms with Crippen molar-refractivity contribution < 1.29 is 17.9 Å². The molecule has 0 saturated carbocycles. The molecule has 1 fully saturated rings. The third kappa shape index (κ3) is 5.13. The monoisotopic (exact) mass is 428 g/mol. The molecule has 144 valence electrons. The van der Waals surface area contributed by atoms with Crippen molar-refractivity contribution in [2.75, 3.05) is 19.3 Å². The van der Waals surface area contributed by atoms with Crippen LogP contribution in [0.4, 0.5) is 0 Å². The van der Waals surface area contributed by atoms with Crippen LogP contribution < -0.4 is 9.46 Å². The van der Waals surface area contributed by atoms with Gasteiger partial charge >= 0.3 is 0 Å². The highest BCUT2D eigenvalue weighted by Gasteiger charge is 2.30. The maximum Gasteiger partial charge on any atom is 0.257 e. The quantitative estimate of drug-likeness (QED) is 0.789. The highest BCUT2D eigenvalue weighted by atomic mass is 35.5. The van der Waals surface area contributed by atoms with Crippen LogP contribution in [-0.2, 0) is 10.0 Å². The molecule has 1 N–H and O–H groups in total. The number of halogens is 2. The van der Waals surface area contributed by atoms with Crippen LogP contribution in [0.1, 0.15) is 16.8 Å². The van der Waals surface area contributed by atoms with Gasteiger partial charge in [0.05, 0.1) is 16.8 Å². The van der Waals surface area contributed by atoms with Crippen molar-refractivity contribution >= 4 is 39.1 Å². The summed E-state index contributed by atoms with van der Waals surface area (Å²) in [5.74, 6) is 0.527. The number of carbonyl (C=O) groups is 1. The molecule has 3 rings (SSSR count). The van der Waals surface area contributed by atoms with Gasteiger partial charge in [0.2, 0.25) is 10.0 Å². The van der Waals surface area contributed by atoms with Gasteiger partial charge in [0.1, 0.15) is 11.5 Å². The van der Waals surface area contributed by atoms with Crippen molar-refractivity contribution in [1.82, 2.24) is 9.62 Å². The number of sulfonamides is 1. The smallest absolute Gasteiger partial charge is 0.257 e. The molecule has 1 atom stereocenters. The first-order chi connectivity index (χ1) is 12.7. The van der Waals surface area contributed by atoms with Crippen molar-refractivity contribution in [1.29, 1.82) is 0 Å². The fraction of sp³-hybridized carbons (Fsp3) is 0.278. The molecule has 2 aromatic rings. The Morgan fingerprint density at radius 2 is 1.93 bits per heavy atom. The molecule has 1 heterocycles. The predicted octanol–water partition coefficient (Wildman–Crippen LogP) is 3.55. The van der Waals surface area contributed by atoms with Gasteiger partial charge in [0.25, 0.3) is 5.91 Å². The fourth-order valence-corrected chi connectivity index (χ4v) is 4.17. The number of hydrogen-bond donors (Lipinski definition) is 1. The molecule has 1 aliphatic rings. The van der Waals surface area contributed by atoms with Gasteiger partial charge in [-0.25, -0.2) is 13.1 Å². The topological polar surface area (TPSA) is 75.7 Å². The summed E-state index contributed by atoms with van der Waals surface area (Å²) in [5, 5.41) is 0.821. The number of benzene rings is 2. The second kappa shape index (κ2) is 8.06. The molecule has 2 aromatic carbocycles. The zero-order chi connectivity index (χ0) is 19.6. The first kappa shape index (κ1) is 19.9. The number of ether oxygens (including phenoxy) is 1. The van der Waals surface area contributed by atoms with Crippen LogP contribution in [0.15, 0.2) is 42.5 Å². The highest BCUT2D eigenvalue weighted by molar-refractivity contribution is 7.88. The Bertz CT molecular complexity index is 966. The van der Waals surface area contributed by atoms with E-state index in [1.54, 1.807) is 47.4 Å². The van der Waals surface area contributed by atoms with Gasteiger partial charge in [0.15, 0.2) is 0 Å². The molecular formula is C18H18Cl2N2O4S. The van der Waals surface area contributed by atoms with E-state index in [1.165, 1.54) is 0 Å². The van der Waals surface area contributed by atoms with Crippen LogP contribution in [0, 0.1) is 0 Å². The minimum absolute atomic E-state index is 0.228. The van der Waals surface area contributed by atoms with Crippen molar-refractivity contribution in [3.8, 4) is 11.5 Å². The van der Waals surface area contributed by atoms with Crippen LogP contribution in [0.3, 0.4) is 0 Å². The van der Waals surface area contributed by atoms with Gasteiger partial charge in [-0.15, -0.1) is 0 Å². The summed E-state index contributed by atoms with van der Waals surface area (Å²) < 4.78 is 31.2. The summed E-state index contributed by atoms with van der Waals surface area (Å²) in [7, 11) is -3.32. The first-order valence-electron chi connectivity index (χ1n) is 8.21. The molecule has 0 radical (unpaired) electrons. The van der Waals surface area contributed by atoms with Gasteiger partial charge < -0.3 is 9.64 Å². The molecule has 0 aromatic heterocycles. The Balaban J connectivity index is 1.78. The van der Waals surface area contributed by atoms with Crippen LogP contribution in [0.2, 0.25) is 10.0 Å². The molecule has 6 nitrogen and oxygen atoms in total. The molecular weight excluding hydrogens is 411 g/mol. The van der Waals surface area contributed by atoms with Crippen LogP contribution >= 0.6 is 23.2 Å². The largest absolute Gasteiger partial charge is 0.455 e. The van der Waals surface area contributed by atoms with E-state index in [1.807, 2.05) is 0 Å². The first-order valence-corrected chi connectivity index (χ1v) is 10.9. The second-order valence-corrected chi connectivity index (χ2v) is 8.92. The Hall–Kier alpha value is -1.80. The van der Waals surface area contributed by atoms with Gasteiger partial charge in [-0.05, 0) is 36.8 Å². The van der Waals surface area contributed by atoms with E-state index in [2.05, 4.69) is 4.72 Å². The lowest BCUT2D eigenvalue weighted by Crippen LogP contribution is -2.37. The minimum Gasteiger partial charge on any atom is -0.455 e. The summed E-state index contributed by atoms with van der Waals surface area (Å²) in [6.45, 7) is 0.768. The number of amides is 1. The molecule has 0 spiro atoms. The standard InChI is InChI=1S/C18H18Cl2N2O4S/c1-27(24,25)21-13-8-9-22(11-13)18(23)14-4-2-3-5-16(14)26-17-7-6-12(19)10-15(17)20/h2-7,10,13,21H,8-9,11H2,1H3/t13-/m0/s1. The van der Waals surface area contributed by atoms with Crippen molar-refractivity contribution in [3.05, 3.63) is 58.1 Å². The maximum atomic E-state index is 12.9. The Morgan fingerprint density at radius 1 is 1.19 bits per heavy atom. The molecule has 0 aliphatic carbocycles. The van der Waals surface area contributed by atoms with E-state index >= 15 is 0 Å². The summed E-state index contributed by atoms with van der Waals surface area (Å²) in [6.07, 6.45) is 1.67. The lowest BCUT2D eigenvalue weighted by Gasteiger charge is -2.19. The number of rotatable bonds is 5. The number of nitrogens with zero attached hydrogens (tertiary/aromatic N) is 1. The minimum atomic E-state index is -3.32. The Morgan fingerprint density at radius 3 is 2.63 bits per heavy atom. The summed E-state index contributed by atoms with van der Waals surface area (Å²) in [5.41, 5.74) is 0.378. The van der Waals surface area contributed by atoms with Gasteiger partial charge in [-0.1, -0.05) is 35.3 Å². The van der Waals surface area contributed by atoms with Crippen molar-refractivity contribution in [2.45, 2.75) is 12.5 Å².